The SMILES string of the molecule is CNc1nc(OCc2cc(OC)c(OC)c(OC)c2)ncc1F. The Morgan fingerprint density at radius 3 is 2.26 bits per heavy atom. The maximum Gasteiger partial charge on any atom is 0.318 e. The van der Waals surface area contributed by atoms with E-state index in [0.717, 1.165) is 11.8 Å². The second-order valence-corrected chi connectivity index (χ2v) is 4.42. The Labute approximate surface area is 133 Å². The van der Waals surface area contributed by atoms with Crippen LogP contribution < -0.4 is 24.3 Å². The highest BCUT2D eigenvalue weighted by Crippen LogP contribution is 2.38. The molecule has 2 rings (SSSR count). The third-order valence-corrected chi connectivity index (χ3v) is 3.05. The maximum atomic E-state index is 13.3. The molecule has 1 aromatic carbocycles. The Morgan fingerprint density at radius 2 is 1.74 bits per heavy atom. The first-order valence-electron chi connectivity index (χ1n) is 6.74. The van der Waals surface area contributed by atoms with E-state index in [2.05, 4.69) is 15.3 Å². The van der Waals surface area contributed by atoms with Gasteiger partial charge in [0.2, 0.25) is 5.75 Å². The Hall–Kier alpha value is -2.77. The fourth-order valence-electron chi connectivity index (χ4n) is 1.96. The highest BCUT2D eigenvalue weighted by atomic mass is 19.1. The van der Waals surface area contributed by atoms with Crippen molar-refractivity contribution in [3.8, 4) is 23.3 Å². The molecule has 23 heavy (non-hydrogen) atoms. The van der Waals surface area contributed by atoms with Gasteiger partial charge in [-0.05, 0) is 17.7 Å². The summed E-state index contributed by atoms with van der Waals surface area (Å²) in [5.74, 6) is 1.05. The molecule has 0 radical (unpaired) electrons. The molecular formula is C15H18FN3O4. The number of halogens is 1. The molecule has 8 heteroatoms. The van der Waals surface area contributed by atoms with Gasteiger partial charge in [0.1, 0.15) is 6.61 Å². The lowest BCUT2D eigenvalue weighted by Gasteiger charge is -2.14. The largest absolute Gasteiger partial charge is 0.493 e. The van der Waals surface area contributed by atoms with Crippen molar-refractivity contribution in [2.24, 2.45) is 0 Å². The molecule has 124 valence electrons. The number of ether oxygens (including phenoxy) is 4. The van der Waals surface area contributed by atoms with Gasteiger partial charge in [0, 0.05) is 7.05 Å². The predicted molar refractivity (Wildman–Crippen MR) is 82.0 cm³/mol. The van der Waals surface area contributed by atoms with Crippen LogP contribution >= 0.6 is 0 Å². The number of benzene rings is 1. The van der Waals surface area contributed by atoms with Crippen LogP contribution in [0, 0.1) is 5.82 Å². The van der Waals surface area contributed by atoms with Crippen LogP contribution in [0.4, 0.5) is 10.2 Å². The Kier molecular flexibility index (Phi) is 5.40. The van der Waals surface area contributed by atoms with Crippen molar-refractivity contribution < 1.29 is 23.3 Å². The highest BCUT2D eigenvalue weighted by molar-refractivity contribution is 5.53. The molecule has 0 spiro atoms. The molecule has 0 aliphatic rings. The van der Waals surface area contributed by atoms with Crippen LogP contribution in [0.15, 0.2) is 18.3 Å². The van der Waals surface area contributed by atoms with Crippen LogP contribution in [0.3, 0.4) is 0 Å². The molecule has 0 aliphatic carbocycles. The minimum absolute atomic E-state index is 0.0597. The fourth-order valence-corrected chi connectivity index (χ4v) is 1.96. The van der Waals surface area contributed by atoms with E-state index in [9.17, 15) is 4.39 Å². The molecule has 0 saturated heterocycles. The first kappa shape index (κ1) is 16.6. The van der Waals surface area contributed by atoms with Crippen LogP contribution in [0.5, 0.6) is 23.3 Å². The van der Waals surface area contributed by atoms with E-state index < -0.39 is 5.82 Å². The number of nitrogens with one attached hydrogen (secondary N) is 1. The molecule has 0 atom stereocenters. The van der Waals surface area contributed by atoms with Crippen molar-refractivity contribution in [3.63, 3.8) is 0 Å². The molecule has 1 heterocycles. The average Bonchev–Trinajstić information content (AvgIpc) is 2.59. The summed E-state index contributed by atoms with van der Waals surface area (Å²) in [6.45, 7) is 0.158. The number of hydrogen-bond donors (Lipinski definition) is 1. The standard InChI is InChI=1S/C15H18FN3O4/c1-17-14-10(16)7-18-15(19-14)23-8-9-5-11(20-2)13(22-4)12(6-9)21-3/h5-7H,8H2,1-4H3,(H,17,18,19). The lowest BCUT2D eigenvalue weighted by atomic mass is 10.2. The van der Waals surface area contributed by atoms with Gasteiger partial charge >= 0.3 is 6.01 Å². The van der Waals surface area contributed by atoms with Gasteiger partial charge < -0.3 is 24.3 Å². The highest BCUT2D eigenvalue weighted by Gasteiger charge is 2.14. The van der Waals surface area contributed by atoms with Gasteiger partial charge in [0.25, 0.3) is 0 Å². The van der Waals surface area contributed by atoms with E-state index in [1.54, 1.807) is 19.2 Å². The predicted octanol–water partition coefficient (Wildman–Crippen LogP) is 2.26. The van der Waals surface area contributed by atoms with E-state index in [4.69, 9.17) is 18.9 Å². The molecular weight excluding hydrogens is 305 g/mol. The van der Waals surface area contributed by atoms with Crippen LogP contribution in [0.25, 0.3) is 0 Å². The summed E-state index contributed by atoms with van der Waals surface area (Å²) in [5, 5.41) is 2.62. The number of aromatic nitrogens is 2. The minimum atomic E-state index is -0.548. The second-order valence-electron chi connectivity index (χ2n) is 4.42. The third-order valence-electron chi connectivity index (χ3n) is 3.05. The summed E-state index contributed by atoms with van der Waals surface area (Å²) in [7, 11) is 6.16. The van der Waals surface area contributed by atoms with Crippen molar-refractivity contribution in [2.45, 2.75) is 6.61 Å². The van der Waals surface area contributed by atoms with Crippen molar-refractivity contribution in [1.82, 2.24) is 9.97 Å². The maximum absolute atomic E-state index is 13.3. The van der Waals surface area contributed by atoms with Crippen molar-refractivity contribution in [1.29, 1.82) is 0 Å². The quantitative estimate of drug-likeness (QED) is 0.837. The fraction of sp³-hybridized carbons (Fsp3) is 0.333. The third kappa shape index (κ3) is 3.71. The first-order chi connectivity index (χ1) is 11.1. The molecule has 1 aromatic heterocycles. The molecule has 0 fully saturated rings. The normalized spacial score (nSPS) is 10.1. The van der Waals surface area contributed by atoms with Gasteiger partial charge in [-0.1, -0.05) is 0 Å². The summed E-state index contributed by atoms with van der Waals surface area (Å²) in [6.07, 6.45) is 1.04. The smallest absolute Gasteiger partial charge is 0.318 e. The van der Waals surface area contributed by atoms with Crippen molar-refractivity contribution >= 4 is 5.82 Å². The molecule has 0 bridgehead atoms. The lowest BCUT2D eigenvalue weighted by Crippen LogP contribution is -2.04. The van der Waals surface area contributed by atoms with E-state index in [0.29, 0.717) is 17.2 Å². The second kappa shape index (κ2) is 7.48. The molecule has 2 aromatic rings. The van der Waals surface area contributed by atoms with Gasteiger partial charge in [0.05, 0.1) is 27.5 Å². The number of anilines is 1. The Balaban J connectivity index is 2.20. The zero-order chi connectivity index (χ0) is 16.8. The van der Waals surface area contributed by atoms with Crippen LogP contribution in [0.1, 0.15) is 5.56 Å². The van der Waals surface area contributed by atoms with E-state index in [1.807, 2.05) is 0 Å². The molecule has 0 amide bonds. The Morgan fingerprint density at radius 1 is 1.09 bits per heavy atom. The molecule has 0 aliphatic heterocycles. The van der Waals surface area contributed by atoms with Crippen LogP contribution in [-0.2, 0) is 6.61 Å². The lowest BCUT2D eigenvalue weighted by molar-refractivity contribution is 0.276. The topological polar surface area (TPSA) is 74.7 Å². The van der Waals surface area contributed by atoms with Gasteiger partial charge in [0.15, 0.2) is 23.1 Å². The molecule has 0 unspecified atom stereocenters. The number of rotatable bonds is 7. The van der Waals surface area contributed by atoms with Crippen molar-refractivity contribution in [3.05, 3.63) is 29.7 Å². The Bertz CT molecular complexity index is 657. The zero-order valence-electron chi connectivity index (χ0n) is 13.3. The summed E-state index contributed by atoms with van der Waals surface area (Å²) in [6, 6.07) is 3.57. The van der Waals surface area contributed by atoms with Gasteiger partial charge in [-0.25, -0.2) is 9.37 Å². The summed E-state index contributed by atoms with van der Waals surface area (Å²) >= 11 is 0. The molecule has 7 nitrogen and oxygen atoms in total. The summed E-state index contributed by atoms with van der Waals surface area (Å²) in [5.41, 5.74) is 0.762. The number of methoxy groups -OCH3 is 3. The number of hydrogen-bond acceptors (Lipinski definition) is 7. The monoisotopic (exact) mass is 323 g/mol. The first-order valence-corrected chi connectivity index (χ1v) is 6.74. The molecule has 0 saturated carbocycles. The van der Waals surface area contributed by atoms with E-state index >= 15 is 0 Å². The summed E-state index contributed by atoms with van der Waals surface area (Å²) < 4.78 is 34.6. The minimum Gasteiger partial charge on any atom is -0.493 e. The van der Waals surface area contributed by atoms with Gasteiger partial charge in [-0.15, -0.1) is 0 Å². The van der Waals surface area contributed by atoms with E-state index in [-0.39, 0.29) is 18.4 Å². The van der Waals surface area contributed by atoms with Crippen LogP contribution in [-0.4, -0.2) is 38.3 Å². The van der Waals surface area contributed by atoms with Crippen molar-refractivity contribution in [2.75, 3.05) is 33.7 Å². The number of nitrogens with zero attached hydrogens (tertiary/aromatic N) is 2. The van der Waals surface area contributed by atoms with Gasteiger partial charge in [-0.2, -0.15) is 4.98 Å². The van der Waals surface area contributed by atoms with E-state index in [1.165, 1.54) is 21.3 Å². The van der Waals surface area contributed by atoms with Crippen LogP contribution in [0.2, 0.25) is 0 Å². The zero-order valence-corrected chi connectivity index (χ0v) is 13.3. The average molecular weight is 323 g/mol. The molecule has 1 N–H and O–H groups in total. The van der Waals surface area contributed by atoms with Gasteiger partial charge in [-0.3, -0.25) is 0 Å². The summed E-state index contributed by atoms with van der Waals surface area (Å²) in [4.78, 5) is 7.70.